The number of nitrogens with zero attached hydrogens (tertiary/aromatic N) is 3. The summed E-state index contributed by atoms with van der Waals surface area (Å²) in [6, 6.07) is 6.26. The minimum atomic E-state index is -3.84. The number of fused-ring (bicyclic) bond motifs is 1. The van der Waals surface area contributed by atoms with E-state index in [4.69, 9.17) is 4.74 Å². The Morgan fingerprint density at radius 3 is 2.39 bits per heavy atom. The highest BCUT2D eigenvalue weighted by Gasteiger charge is 2.32. The standard InChI is InChI=1S/C23H22F3N3O5S2/c1-2-34-20(30)13-29-21-18(26)11-16(25)12-19(21)35-23(29)27-22(31)14-7-9-28(10-8-14)36(32,33)17-5-3-15(24)4-6-17/h3-6,11-12,14H,2,7-10,13H2,1H3. The van der Waals surface area contributed by atoms with Crippen molar-refractivity contribution in [2.75, 3.05) is 19.7 Å². The largest absolute Gasteiger partial charge is 0.465 e. The summed E-state index contributed by atoms with van der Waals surface area (Å²) in [6.07, 6.45) is 0.378. The third-order valence-corrected chi connectivity index (χ3v) is 8.69. The van der Waals surface area contributed by atoms with Crippen LogP contribution in [0.4, 0.5) is 13.2 Å². The van der Waals surface area contributed by atoms with Gasteiger partial charge in [-0.3, -0.25) is 9.59 Å². The predicted octanol–water partition coefficient (Wildman–Crippen LogP) is 3.21. The molecule has 1 fully saturated rings. The summed E-state index contributed by atoms with van der Waals surface area (Å²) in [5, 5.41) is 0. The van der Waals surface area contributed by atoms with Crippen LogP contribution in [0.1, 0.15) is 19.8 Å². The molecule has 0 bridgehead atoms. The molecule has 0 N–H and O–H groups in total. The maximum atomic E-state index is 14.5. The molecule has 1 amide bonds. The van der Waals surface area contributed by atoms with E-state index in [-0.39, 0.29) is 52.5 Å². The summed E-state index contributed by atoms with van der Waals surface area (Å²) in [7, 11) is -3.84. The number of hydrogen-bond acceptors (Lipinski definition) is 6. The second-order valence-electron chi connectivity index (χ2n) is 8.09. The van der Waals surface area contributed by atoms with Crippen LogP contribution in [0.25, 0.3) is 10.2 Å². The van der Waals surface area contributed by atoms with Crippen LogP contribution in [0.15, 0.2) is 46.3 Å². The van der Waals surface area contributed by atoms with Crippen LogP contribution in [0.2, 0.25) is 0 Å². The normalized spacial score (nSPS) is 15.9. The topological polar surface area (TPSA) is 98.0 Å². The van der Waals surface area contributed by atoms with E-state index in [0.29, 0.717) is 6.07 Å². The van der Waals surface area contributed by atoms with Gasteiger partial charge in [-0.15, -0.1) is 0 Å². The number of amides is 1. The number of halogens is 3. The Kier molecular flexibility index (Phi) is 7.62. The fourth-order valence-electron chi connectivity index (χ4n) is 3.98. The van der Waals surface area contributed by atoms with Gasteiger partial charge in [-0.25, -0.2) is 21.6 Å². The molecule has 3 aromatic rings. The van der Waals surface area contributed by atoms with Crippen molar-refractivity contribution >= 4 is 43.5 Å². The second-order valence-corrected chi connectivity index (χ2v) is 11.0. The molecule has 0 aliphatic carbocycles. The summed E-state index contributed by atoms with van der Waals surface area (Å²) in [5.74, 6) is -4.10. The van der Waals surface area contributed by atoms with Crippen molar-refractivity contribution in [2.45, 2.75) is 31.2 Å². The molecule has 8 nitrogen and oxygen atoms in total. The van der Waals surface area contributed by atoms with Crippen LogP contribution < -0.4 is 4.80 Å². The fraction of sp³-hybridized carbons (Fsp3) is 0.348. The molecule has 36 heavy (non-hydrogen) atoms. The summed E-state index contributed by atoms with van der Waals surface area (Å²) in [5.41, 5.74) is -0.0683. The molecule has 0 atom stereocenters. The van der Waals surface area contributed by atoms with Crippen molar-refractivity contribution in [1.82, 2.24) is 8.87 Å². The van der Waals surface area contributed by atoms with Gasteiger partial charge in [0.2, 0.25) is 10.0 Å². The van der Waals surface area contributed by atoms with Gasteiger partial charge in [-0.05, 0) is 50.1 Å². The lowest BCUT2D eigenvalue weighted by Crippen LogP contribution is -2.40. The molecule has 1 aliphatic rings. The highest BCUT2D eigenvalue weighted by atomic mass is 32.2. The molecular formula is C23H22F3N3O5S2. The molecule has 0 radical (unpaired) electrons. The lowest BCUT2D eigenvalue weighted by molar-refractivity contribution is -0.143. The number of sulfonamides is 1. The number of carbonyl (C=O) groups is 2. The molecule has 0 spiro atoms. The number of benzene rings is 2. The first kappa shape index (κ1) is 26.0. The average molecular weight is 542 g/mol. The number of ether oxygens (including phenoxy) is 1. The maximum absolute atomic E-state index is 14.5. The molecule has 192 valence electrons. The number of rotatable bonds is 6. The molecule has 0 saturated carbocycles. The van der Waals surface area contributed by atoms with Crippen LogP contribution >= 0.6 is 11.3 Å². The summed E-state index contributed by atoms with van der Waals surface area (Å²) < 4.78 is 74.6. The van der Waals surface area contributed by atoms with E-state index < -0.39 is 51.8 Å². The third kappa shape index (κ3) is 5.37. The molecule has 2 aromatic carbocycles. The van der Waals surface area contributed by atoms with Gasteiger partial charge in [0.05, 0.1) is 21.7 Å². The molecule has 2 heterocycles. The highest BCUT2D eigenvalue weighted by molar-refractivity contribution is 7.89. The Bertz CT molecular complexity index is 1480. The monoisotopic (exact) mass is 541 g/mol. The lowest BCUT2D eigenvalue weighted by Gasteiger charge is -2.29. The Morgan fingerprint density at radius 1 is 1.08 bits per heavy atom. The van der Waals surface area contributed by atoms with E-state index in [1.807, 2.05) is 0 Å². The Labute approximate surface area is 208 Å². The number of aromatic nitrogens is 1. The first-order valence-electron chi connectivity index (χ1n) is 11.1. The molecule has 1 aliphatic heterocycles. The van der Waals surface area contributed by atoms with Crippen LogP contribution in [-0.4, -0.2) is 48.9 Å². The van der Waals surface area contributed by atoms with Crippen LogP contribution in [-0.2, 0) is 30.9 Å². The van der Waals surface area contributed by atoms with E-state index in [9.17, 15) is 31.2 Å². The highest BCUT2D eigenvalue weighted by Crippen LogP contribution is 2.26. The summed E-state index contributed by atoms with van der Waals surface area (Å²) in [4.78, 5) is 29.1. The molecule has 13 heteroatoms. The average Bonchev–Trinajstić information content (AvgIpc) is 3.16. The Balaban J connectivity index is 1.57. The zero-order valence-electron chi connectivity index (χ0n) is 19.1. The first-order valence-corrected chi connectivity index (χ1v) is 13.3. The van der Waals surface area contributed by atoms with Gasteiger partial charge in [0, 0.05) is 25.1 Å². The number of esters is 1. The Morgan fingerprint density at radius 2 is 1.75 bits per heavy atom. The summed E-state index contributed by atoms with van der Waals surface area (Å²) >= 11 is 0.859. The minimum absolute atomic E-state index is 0.00826. The SMILES string of the molecule is CCOC(=O)Cn1c(=NC(=O)C2CCN(S(=O)(=O)c3ccc(F)cc3)CC2)sc2cc(F)cc(F)c21. The van der Waals surface area contributed by atoms with Crippen molar-refractivity contribution in [3.63, 3.8) is 0 Å². The quantitative estimate of drug-likeness (QED) is 0.447. The third-order valence-electron chi connectivity index (χ3n) is 5.75. The van der Waals surface area contributed by atoms with Crippen molar-refractivity contribution in [3.8, 4) is 0 Å². The number of carbonyl (C=O) groups excluding carboxylic acids is 2. The second kappa shape index (κ2) is 10.5. The van der Waals surface area contributed by atoms with Gasteiger partial charge in [-0.1, -0.05) is 11.3 Å². The Hall–Kier alpha value is -3.03. The molecular weight excluding hydrogens is 519 g/mol. The number of thiazole rings is 1. The van der Waals surface area contributed by atoms with Gasteiger partial charge < -0.3 is 9.30 Å². The predicted molar refractivity (Wildman–Crippen MR) is 125 cm³/mol. The van der Waals surface area contributed by atoms with Gasteiger partial charge in [0.1, 0.15) is 18.2 Å². The van der Waals surface area contributed by atoms with Crippen molar-refractivity contribution in [1.29, 1.82) is 0 Å². The van der Waals surface area contributed by atoms with E-state index in [0.717, 1.165) is 29.5 Å². The minimum Gasteiger partial charge on any atom is -0.465 e. The number of piperidine rings is 1. The summed E-state index contributed by atoms with van der Waals surface area (Å²) in [6.45, 7) is 1.41. The number of hydrogen-bond donors (Lipinski definition) is 0. The van der Waals surface area contributed by atoms with Crippen LogP contribution in [0, 0.1) is 23.4 Å². The maximum Gasteiger partial charge on any atom is 0.326 e. The fourth-order valence-corrected chi connectivity index (χ4v) is 6.53. The van der Waals surface area contributed by atoms with Gasteiger partial charge in [0.25, 0.3) is 5.91 Å². The van der Waals surface area contributed by atoms with Crippen molar-refractivity contribution in [2.24, 2.45) is 10.9 Å². The molecule has 1 aromatic heterocycles. The van der Waals surface area contributed by atoms with E-state index >= 15 is 0 Å². The van der Waals surface area contributed by atoms with Crippen LogP contribution in [0.5, 0.6) is 0 Å². The van der Waals surface area contributed by atoms with E-state index in [1.165, 1.54) is 21.0 Å². The molecule has 4 rings (SSSR count). The van der Waals surface area contributed by atoms with Crippen molar-refractivity contribution < 1.29 is 35.9 Å². The van der Waals surface area contributed by atoms with Gasteiger partial charge in [0.15, 0.2) is 10.6 Å². The molecule has 1 saturated heterocycles. The smallest absolute Gasteiger partial charge is 0.326 e. The van der Waals surface area contributed by atoms with Gasteiger partial charge in [-0.2, -0.15) is 9.30 Å². The zero-order chi connectivity index (χ0) is 26.0. The van der Waals surface area contributed by atoms with E-state index in [2.05, 4.69) is 4.99 Å². The lowest BCUT2D eigenvalue weighted by atomic mass is 9.98. The zero-order valence-corrected chi connectivity index (χ0v) is 20.8. The van der Waals surface area contributed by atoms with Crippen LogP contribution in [0.3, 0.4) is 0 Å². The molecule has 0 unspecified atom stereocenters. The van der Waals surface area contributed by atoms with E-state index in [1.54, 1.807) is 6.92 Å². The van der Waals surface area contributed by atoms with Crippen molar-refractivity contribution in [3.05, 3.63) is 58.7 Å². The van der Waals surface area contributed by atoms with Gasteiger partial charge >= 0.3 is 5.97 Å². The first-order chi connectivity index (χ1) is 17.1.